The Labute approximate surface area is 188 Å². The number of rotatable bonds is 8. The molecule has 5 nitrogen and oxygen atoms in total. The number of amides is 1. The molecule has 0 unspecified atom stereocenters. The number of anilines is 1. The topological polar surface area (TPSA) is 66.5 Å². The minimum Gasteiger partial charge on any atom is -0.348 e. The van der Waals surface area contributed by atoms with E-state index in [0.29, 0.717) is 17.1 Å². The Morgan fingerprint density at radius 1 is 1.00 bits per heavy atom. The number of benzene rings is 3. The van der Waals surface area contributed by atoms with Crippen molar-refractivity contribution in [2.24, 2.45) is 0 Å². The van der Waals surface area contributed by atoms with Gasteiger partial charge >= 0.3 is 0 Å². The van der Waals surface area contributed by atoms with E-state index in [1.807, 2.05) is 44.2 Å². The molecule has 162 valence electrons. The lowest BCUT2D eigenvalue weighted by atomic mass is 10.0. The normalized spacial score (nSPS) is 12.2. The van der Waals surface area contributed by atoms with Crippen LogP contribution in [-0.2, 0) is 14.8 Å². The number of nitrogens with zero attached hydrogens (tertiary/aromatic N) is 1. The maximum atomic E-state index is 13.4. The fourth-order valence-electron chi connectivity index (χ4n) is 3.25. The van der Waals surface area contributed by atoms with E-state index in [2.05, 4.69) is 5.32 Å². The lowest BCUT2D eigenvalue weighted by Crippen LogP contribution is -2.42. The monoisotopic (exact) mass is 456 g/mol. The number of aryl methyl sites for hydroxylation is 1. The van der Waals surface area contributed by atoms with Gasteiger partial charge in [0.25, 0.3) is 10.0 Å². The maximum Gasteiger partial charge on any atom is 0.264 e. The van der Waals surface area contributed by atoms with E-state index in [-0.39, 0.29) is 17.5 Å². The molecule has 31 heavy (non-hydrogen) atoms. The average molecular weight is 457 g/mol. The van der Waals surface area contributed by atoms with Crippen LogP contribution in [0.1, 0.15) is 30.5 Å². The molecule has 0 aliphatic rings. The highest BCUT2D eigenvalue weighted by atomic mass is 35.5. The number of hydrogen-bond acceptors (Lipinski definition) is 3. The Morgan fingerprint density at radius 2 is 1.61 bits per heavy atom. The average Bonchev–Trinajstić information content (AvgIpc) is 2.79. The minimum absolute atomic E-state index is 0.106. The van der Waals surface area contributed by atoms with Crippen molar-refractivity contribution in [2.45, 2.75) is 31.2 Å². The molecule has 1 amide bonds. The predicted octanol–water partition coefficient (Wildman–Crippen LogP) is 5.11. The number of hydrogen-bond donors (Lipinski definition) is 1. The molecule has 3 aromatic carbocycles. The number of nitrogens with one attached hydrogen (secondary N) is 1. The highest BCUT2D eigenvalue weighted by Gasteiger charge is 2.28. The van der Waals surface area contributed by atoms with Crippen molar-refractivity contribution >= 4 is 33.2 Å². The quantitative estimate of drug-likeness (QED) is 0.512. The zero-order valence-electron chi connectivity index (χ0n) is 17.5. The third-order valence-corrected chi connectivity index (χ3v) is 7.20. The Balaban J connectivity index is 1.93. The summed E-state index contributed by atoms with van der Waals surface area (Å²) in [5.74, 6) is -0.396. The van der Waals surface area contributed by atoms with Gasteiger partial charge in [0.2, 0.25) is 5.91 Å². The van der Waals surface area contributed by atoms with Crippen LogP contribution < -0.4 is 9.62 Å². The molecule has 1 atom stereocenters. The maximum absolute atomic E-state index is 13.4. The number of carbonyl (C=O) groups is 1. The van der Waals surface area contributed by atoms with Gasteiger partial charge in [-0.1, -0.05) is 73.1 Å². The zero-order valence-corrected chi connectivity index (χ0v) is 19.0. The first-order chi connectivity index (χ1) is 14.8. The van der Waals surface area contributed by atoms with Crippen LogP contribution in [-0.4, -0.2) is 20.9 Å². The van der Waals surface area contributed by atoms with Crippen LogP contribution in [0, 0.1) is 6.92 Å². The number of carbonyl (C=O) groups excluding carboxylic acids is 1. The molecule has 3 aromatic rings. The summed E-state index contributed by atoms with van der Waals surface area (Å²) in [6, 6.07) is 22.4. The van der Waals surface area contributed by atoms with Gasteiger partial charge in [0.05, 0.1) is 16.6 Å². The second kappa shape index (κ2) is 9.98. The van der Waals surface area contributed by atoms with Crippen LogP contribution in [0.3, 0.4) is 0 Å². The van der Waals surface area contributed by atoms with Gasteiger partial charge in [-0.15, -0.1) is 0 Å². The molecule has 0 fully saturated rings. The van der Waals surface area contributed by atoms with Crippen molar-refractivity contribution in [3.8, 4) is 0 Å². The fourth-order valence-corrected chi connectivity index (χ4v) is 4.86. The molecule has 0 saturated heterocycles. The fraction of sp³-hybridized carbons (Fsp3) is 0.208. The molecule has 0 saturated carbocycles. The van der Waals surface area contributed by atoms with Gasteiger partial charge in [-0.3, -0.25) is 9.10 Å². The molecule has 0 aromatic heterocycles. The summed E-state index contributed by atoms with van der Waals surface area (Å²) in [4.78, 5) is 13.1. The third-order valence-electron chi connectivity index (χ3n) is 5.01. The molecule has 0 heterocycles. The molecule has 7 heteroatoms. The van der Waals surface area contributed by atoms with E-state index in [1.54, 1.807) is 36.4 Å². The van der Waals surface area contributed by atoms with Gasteiger partial charge in [-0.2, -0.15) is 0 Å². The molecule has 1 N–H and O–H groups in total. The summed E-state index contributed by atoms with van der Waals surface area (Å²) in [6.07, 6.45) is 0.678. The minimum atomic E-state index is -3.97. The van der Waals surface area contributed by atoms with Gasteiger partial charge in [0.15, 0.2) is 0 Å². The van der Waals surface area contributed by atoms with E-state index in [0.717, 1.165) is 15.4 Å². The lowest BCUT2D eigenvalue weighted by molar-refractivity contribution is -0.120. The largest absolute Gasteiger partial charge is 0.348 e. The second-order valence-electron chi connectivity index (χ2n) is 7.20. The van der Waals surface area contributed by atoms with Crippen molar-refractivity contribution in [3.63, 3.8) is 0 Å². The summed E-state index contributed by atoms with van der Waals surface area (Å²) < 4.78 is 27.9. The van der Waals surface area contributed by atoms with E-state index in [1.165, 1.54) is 12.1 Å². The van der Waals surface area contributed by atoms with E-state index in [9.17, 15) is 13.2 Å². The van der Waals surface area contributed by atoms with Crippen LogP contribution >= 0.6 is 11.6 Å². The molecule has 3 rings (SSSR count). The first-order valence-electron chi connectivity index (χ1n) is 10.0. The zero-order chi connectivity index (χ0) is 22.4. The van der Waals surface area contributed by atoms with Crippen LogP contribution in [0.4, 0.5) is 5.69 Å². The molecule has 0 spiro atoms. The summed E-state index contributed by atoms with van der Waals surface area (Å²) in [5, 5.41) is 3.39. The highest BCUT2D eigenvalue weighted by Crippen LogP contribution is 2.28. The predicted molar refractivity (Wildman–Crippen MR) is 125 cm³/mol. The van der Waals surface area contributed by atoms with E-state index in [4.69, 9.17) is 11.6 Å². The molecule has 0 aliphatic heterocycles. The second-order valence-corrected chi connectivity index (χ2v) is 9.47. The lowest BCUT2D eigenvalue weighted by Gasteiger charge is -2.26. The number of halogens is 1. The summed E-state index contributed by atoms with van der Waals surface area (Å²) in [7, 11) is -3.97. The molecule has 0 bridgehead atoms. The first-order valence-corrected chi connectivity index (χ1v) is 11.8. The summed E-state index contributed by atoms with van der Waals surface area (Å²) in [5.41, 5.74) is 2.12. The Bertz CT molecular complexity index is 1140. The molecular formula is C24H25ClN2O3S. The van der Waals surface area contributed by atoms with E-state index < -0.39 is 15.9 Å². The van der Waals surface area contributed by atoms with Crippen molar-refractivity contribution in [2.75, 3.05) is 10.8 Å². The van der Waals surface area contributed by atoms with Crippen molar-refractivity contribution in [1.82, 2.24) is 5.32 Å². The summed E-state index contributed by atoms with van der Waals surface area (Å²) >= 11 is 6.26. The van der Waals surface area contributed by atoms with Crippen LogP contribution in [0.25, 0.3) is 0 Å². The summed E-state index contributed by atoms with van der Waals surface area (Å²) in [6.45, 7) is 3.44. The van der Waals surface area contributed by atoms with Crippen molar-refractivity contribution in [1.29, 1.82) is 0 Å². The standard InChI is InChI=1S/C24H25ClN2O3S/c1-3-23(19-10-6-4-7-11-19)26-24(28)17-27(20-15-14-18(2)22(25)16-20)31(29,30)21-12-8-5-9-13-21/h4-16,23H,3,17H2,1-2H3,(H,26,28)/t23-/m0/s1. The molecule has 0 radical (unpaired) electrons. The Morgan fingerprint density at radius 3 is 2.19 bits per heavy atom. The highest BCUT2D eigenvalue weighted by molar-refractivity contribution is 7.92. The van der Waals surface area contributed by atoms with Gasteiger partial charge < -0.3 is 5.32 Å². The third kappa shape index (κ3) is 5.46. The molecule has 0 aliphatic carbocycles. The first kappa shape index (κ1) is 22.8. The van der Waals surface area contributed by atoms with Gasteiger partial charge in [-0.05, 0) is 48.7 Å². The van der Waals surface area contributed by atoms with Crippen molar-refractivity contribution in [3.05, 3.63) is 95.0 Å². The Kier molecular flexibility index (Phi) is 7.36. The van der Waals surface area contributed by atoms with Gasteiger partial charge in [0, 0.05) is 5.02 Å². The number of sulfonamides is 1. The Hall–Kier alpha value is -2.83. The molecular weight excluding hydrogens is 432 g/mol. The van der Waals surface area contributed by atoms with Crippen molar-refractivity contribution < 1.29 is 13.2 Å². The SMILES string of the molecule is CC[C@H](NC(=O)CN(c1ccc(C)c(Cl)c1)S(=O)(=O)c1ccccc1)c1ccccc1. The smallest absolute Gasteiger partial charge is 0.264 e. The van der Waals surface area contributed by atoms with Gasteiger partial charge in [0.1, 0.15) is 6.54 Å². The van der Waals surface area contributed by atoms with E-state index >= 15 is 0 Å². The van der Waals surface area contributed by atoms with Gasteiger partial charge in [-0.25, -0.2) is 8.42 Å². The van der Waals surface area contributed by atoms with Crippen LogP contribution in [0.5, 0.6) is 0 Å². The van der Waals surface area contributed by atoms with Crippen LogP contribution in [0.2, 0.25) is 5.02 Å². The van der Waals surface area contributed by atoms with Crippen LogP contribution in [0.15, 0.2) is 83.8 Å².